The SMILES string of the molecule is Cn1c(=O)c(C(=O)O)nn(-c2ccc(N3CCOC3=O)cc2)c1=O. The molecular formula is C14H12N4O6. The fourth-order valence-corrected chi connectivity index (χ4v) is 2.28. The molecule has 2 heterocycles. The van der Waals surface area contributed by atoms with Gasteiger partial charge in [-0.2, -0.15) is 9.78 Å². The summed E-state index contributed by atoms with van der Waals surface area (Å²) in [6.45, 7) is 0.712. The van der Waals surface area contributed by atoms with Crippen LogP contribution < -0.4 is 16.1 Å². The van der Waals surface area contributed by atoms with Crippen LogP contribution >= 0.6 is 0 Å². The Hall–Kier alpha value is -3.43. The zero-order valence-corrected chi connectivity index (χ0v) is 12.5. The summed E-state index contributed by atoms with van der Waals surface area (Å²) < 4.78 is 6.33. The predicted octanol–water partition coefficient (Wildman–Crippen LogP) is -0.414. The van der Waals surface area contributed by atoms with Crippen LogP contribution in [0.1, 0.15) is 10.5 Å². The molecule has 10 nitrogen and oxygen atoms in total. The van der Waals surface area contributed by atoms with E-state index >= 15 is 0 Å². The van der Waals surface area contributed by atoms with E-state index in [0.717, 1.165) is 4.68 Å². The summed E-state index contributed by atoms with van der Waals surface area (Å²) in [6, 6.07) is 6.13. The third-order valence-corrected chi connectivity index (χ3v) is 3.54. The molecule has 0 aliphatic carbocycles. The molecule has 1 amide bonds. The number of anilines is 1. The van der Waals surface area contributed by atoms with Crippen molar-refractivity contribution in [2.75, 3.05) is 18.1 Å². The van der Waals surface area contributed by atoms with E-state index in [9.17, 15) is 19.2 Å². The van der Waals surface area contributed by atoms with E-state index < -0.39 is 29.0 Å². The van der Waals surface area contributed by atoms with Crippen molar-refractivity contribution in [2.24, 2.45) is 7.05 Å². The second-order valence-corrected chi connectivity index (χ2v) is 4.99. The van der Waals surface area contributed by atoms with E-state index in [1.54, 1.807) is 12.1 Å². The lowest BCUT2D eigenvalue weighted by molar-refractivity contribution is 0.0684. The monoisotopic (exact) mass is 332 g/mol. The Morgan fingerprint density at radius 2 is 1.79 bits per heavy atom. The maximum Gasteiger partial charge on any atom is 0.414 e. The van der Waals surface area contributed by atoms with E-state index in [1.165, 1.54) is 24.1 Å². The maximum atomic E-state index is 12.1. The highest BCUT2D eigenvalue weighted by Crippen LogP contribution is 2.19. The van der Waals surface area contributed by atoms with Crippen molar-refractivity contribution in [3.05, 3.63) is 50.8 Å². The number of ether oxygens (including phenoxy) is 1. The van der Waals surface area contributed by atoms with Crippen molar-refractivity contribution < 1.29 is 19.4 Å². The summed E-state index contributed by atoms with van der Waals surface area (Å²) in [4.78, 5) is 47.9. The van der Waals surface area contributed by atoms with E-state index in [0.29, 0.717) is 23.4 Å². The van der Waals surface area contributed by atoms with Crippen LogP contribution in [0.3, 0.4) is 0 Å². The minimum atomic E-state index is -1.53. The first kappa shape index (κ1) is 15.5. The van der Waals surface area contributed by atoms with Crippen molar-refractivity contribution in [3.63, 3.8) is 0 Å². The molecule has 1 aromatic heterocycles. The van der Waals surface area contributed by atoms with E-state index in [2.05, 4.69) is 5.10 Å². The molecule has 0 unspecified atom stereocenters. The molecule has 0 spiro atoms. The third-order valence-electron chi connectivity index (χ3n) is 3.54. The fourth-order valence-electron chi connectivity index (χ4n) is 2.28. The summed E-state index contributed by atoms with van der Waals surface area (Å²) >= 11 is 0. The molecule has 10 heteroatoms. The average molecular weight is 332 g/mol. The lowest BCUT2D eigenvalue weighted by Crippen LogP contribution is -2.42. The number of aromatic carboxylic acids is 1. The van der Waals surface area contributed by atoms with Gasteiger partial charge in [0.25, 0.3) is 5.56 Å². The van der Waals surface area contributed by atoms with Gasteiger partial charge >= 0.3 is 17.8 Å². The lowest BCUT2D eigenvalue weighted by Gasteiger charge is -2.13. The quantitative estimate of drug-likeness (QED) is 0.810. The van der Waals surface area contributed by atoms with E-state index in [-0.39, 0.29) is 5.69 Å². The predicted molar refractivity (Wildman–Crippen MR) is 80.7 cm³/mol. The second-order valence-electron chi connectivity index (χ2n) is 4.99. The molecule has 2 aromatic rings. The Balaban J connectivity index is 2.06. The molecule has 1 N–H and O–H groups in total. The molecule has 0 bridgehead atoms. The summed E-state index contributed by atoms with van der Waals surface area (Å²) in [5, 5.41) is 12.6. The van der Waals surface area contributed by atoms with Gasteiger partial charge < -0.3 is 9.84 Å². The second kappa shape index (κ2) is 5.65. The number of hydrogen-bond acceptors (Lipinski definition) is 6. The van der Waals surface area contributed by atoms with E-state index in [1.807, 2.05) is 0 Å². The molecule has 1 aliphatic rings. The number of carboxylic acid groups (broad SMARTS) is 1. The minimum Gasteiger partial charge on any atom is -0.476 e. The topological polar surface area (TPSA) is 124 Å². The number of cyclic esters (lactones) is 1. The van der Waals surface area contributed by atoms with Crippen molar-refractivity contribution in [3.8, 4) is 5.69 Å². The van der Waals surface area contributed by atoms with Gasteiger partial charge in [0.15, 0.2) is 0 Å². The number of carboxylic acids is 1. The molecule has 0 atom stereocenters. The Bertz CT molecular complexity index is 943. The molecule has 3 rings (SSSR count). The van der Waals surface area contributed by atoms with Crippen molar-refractivity contribution in [1.82, 2.24) is 14.3 Å². The van der Waals surface area contributed by atoms with Crippen molar-refractivity contribution >= 4 is 17.7 Å². The Morgan fingerprint density at radius 3 is 2.33 bits per heavy atom. The Morgan fingerprint density at radius 1 is 1.17 bits per heavy atom. The first-order chi connectivity index (χ1) is 11.4. The van der Waals surface area contributed by atoms with Crippen LogP contribution in [-0.4, -0.2) is 44.7 Å². The molecule has 0 radical (unpaired) electrons. The summed E-state index contributed by atoms with van der Waals surface area (Å²) in [7, 11) is 1.17. The normalized spacial score (nSPS) is 13.9. The molecule has 24 heavy (non-hydrogen) atoms. The molecule has 1 fully saturated rings. The molecule has 1 saturated heterocycles. The number of aromatic nitrogens is 3. The smallest absolute Gasteiger partial charge is 0.414 e. The molecule has 124 valence electrons. The van der Waals surface area contributed by atoms with Gasteiger partial charge in [-0.25, -0.2) is 14.4 Å². The first-order valence-corrected chi connectivity index (χ1v) is 6.88. The largest absolute Gasteiger partial charge is 0.476 e. The van der Waals surface area contributed by atoms with E-state index in [4.69, 9.17) is 9.84 Å². The average Bonchev–Trinajstić information content (AvgIpc) is 2.99. The molecule has 1 aromatic carbocycles. The van der Waals surface area contributed by atoms with Crippen LogP contribution in [0.4, 0.5) is 10.5 Å². The van der Waals surface area contributed by atoms with Crippen LogP contribution in [0.2, 0.25) is 0 Å². The molecule has 0 saturated carbocycles. The molecule has 1 aliphatic heterocycles. The van der Waals surface area contributed by atoms with Gasteiger partial charge in [0.05, 0.1) is 12.2 Å². The van der Waals surface area contributed by atoms with Crippen LogP contribution in [0.25, 0.3) is 5.69 Å². The van der Waals surface area contributed by atoms with Crippen molar-refractivity contribution in [2.45, 2.75) is 0 Å². The number of nitrogens with zero attached hydrogens (tertiary/aromatic N) is 4. The van der Waals surface area contributed by atoms with Gasteiger partial charge in [-0.1, -0.05) is 0 Å². The van der Waals surface area contributed by atoms with Crippen LogP contribution in [0, 0.1) is 0 Å². The highest BCUT2D eigenvalue weighted by Gasteiger charge is 2.23. The number of benzene rings is 1. The number of carbonyl (C=O) groups excluding carboxylic acids is 1. The lowest BCUT2D eigenvalue weighted by atomic mass is 10.2. The first-order valence-electron chi connectivity index (χ1n) is 6.88. The van der Waals surface area contributed by atoms with Gasteiger partial charge in [0.1, 0.15) is 6.61 Å². The van der Waals surface area contributed by atoms with Gasteiger partial charge in [0, 0.05) is 12.7 Å². The van der Waals surface area contributed by atoms with Gasteiger partial charge in [0.2, 0.25) is 5.69 Å². The minimum absolute atomic E-state index is 0.259. The maximum absolute atomic E-state index is 12.1. The van der Waals surface area contributed by atoms with Gasteiger partial charge in [-0.3, -0.25) is 14.3 Å². The van der Waals surface area contributed by atoms with Crippen molar-refractivity contribution in [1.29, 1.82) is 0 Å². The summed E-state index contributed by atoms with van der Waals surface area (Å²) in [6.07, 6.45) is -0.465. The summed E-state index contributed by atoms with van der Waals surface area (Å²) in [5.74, 6) is -1.53. The summed E-state index contributed by atoms with van der Waals surface area (Å²) in [5.41, 5.74) is -1.70. The number of amides is 1. The highest BCUT2D eigenvalue weighted by molar-refractivity contribution is 5.89. The van der Waals surface area contributed by atoms with Crippen LogP contribution in [0.5, 0.6) is 0 Å². The fraction of sp³-hybridized carbons (Fsp3) is 0.214. The number of carbonyl (C=O) groups is 2. The standard InChI is InChI=1S/C14H12N4O6/c1-16-11(19)10(12(20)21)15-18(13(16)22)9-4-2-8(3-5-9)17-6-7-24-14(17)23/h2-5H,6-7H2,1H3,(H,20,21). The highest BCUT2D eigenvalue weighted by atomic mass is 16.6. The Labute approximate surface area is 134 Å². The number of rotatable bonds is 3. The zero-order valence-electron chi connectivity index (χ0n) is 12.5. The van der Waals surface area contributed by atoms with Crippen LogP contribution in [0.15, 0.2) is 33.9 Å². The Kier molecular flexibility index (Phi) is 3.64. The van der Waals surface area contributed by atoms with Crippen LogP contribution in [-0.2, 0) is 11.8 Å². The van der Waals surface area contributed by atoms with Gasteiger partial charge in [-0.05, 0) is 24.3 Å². The third kappa shape index (κ3) is 2.43. The number of hydrogen-bond donors (Lipinski definition) is 1. The molecular weight excluding hydrogens is 320 g/mol. The zero-order chi connectivity index (χ0) is 17.4. The van der Waals surface area contributed by atoms with Gasteiger partial charge in [-0.15, -0.1) is 0 Å².